The zero-order valence-electron chi connectivity index (χ0n) is 13.7. The van der Waals surface area contributed by atoms with Crippen LogP contribution in [0.3, 0.4) is 0 Å². The van der Waals surface area contributed by atoms with Gasteiger partial charge in [-0.25, -0.2) is 0 Å². The molecule has 0 spiro atoms. The van der Waals surface area contributed by atoms with Crippen LogP contribution >= 0.6 is 0 Å². The number of amides is 2. The lowest BCUT2D eigenvalue weighted by Gasteiger charge is -2.45. The molecule has 4 aliphatic rings. The van der Waals surface area contributed by atoms with Crippen molar-refractivity contribution in [2.75, 3.05) is 43.9 Å². The molecule has 0 saturated carbocycles. The van der Waals surface area contributed by atoms with Crippen molar-refractivity contribution in [3.05, 3.63) is 17.7 Å². The lowest BCUT2D eigenvalue weighted by atomic mass is 9.84. The van der Waals surface area contributed by atoms with Gasteiger partial charge in [0.25, 0.3) is 11.8 Å². The molecule has 2 bridgehead atoms. The lowest BCUT2D eigenvalue weighted by molar-refractivity contribution is -0.121. The molecule has 4 heterocycles. The van der Waals surface area contributed by atoms with Crippen LogP contribution < -0.4 is 20.7 Å². The second kappa shape index (κ2) is 5.66. The Bertz CT molecular complexity index is 697. The van der Waals surface area contributed by atoms with E-state index in [0.717, 1.165) is 32.5 Å². The molecular formula is C17H22N4O3. The number of anilines is 2. The number of benzene rings is 1. The number of nitrogen functional groups attached to an aromatic ring is 1. The number of rotatable bonds is 2. The average Bonchev–Trinajstić information content (AvgIpc) is 2.59. The van der Waals surface area contributed by atoms with E-state index in [2.05, 4.69) is 10.2 Å². The number of nitrogens with one attached hydrogen (secondary N) is 1. The van der Waals surface area contributed by atoms with Gasteiger partial charge in [0.1, 0.15) is 0 Å². The summed E-state index contributed by atoms with van der Waals surface area (Å²) < 4.78 is 5.55. The summed E-state index contributed by atoms with van der Waals surface area (Å²) in [5, 5.41) is 3.15. The van der Waals surface area contributed by atoms with Gasteiger partial charge in [-0.05, 0) is 44.0 Å². The van der Waals surface area contributed by atoms with E-state index in [1.807, 2.05) is 0 Å². The molecule has 2 amide bonds. The van der Waals surface area contributed by atoms with Crippen LogP contribution in [0.2, 0.25) is 0 Å². The Morgan fingerprint density at radius 2 is 2.08 bits per heavy atom. The number of carbonyl (C=O) groups is 2. The standard InChI is InChI=1S/C17H22N4O3/c1-20-14-7-11(18)6-12(16(14)24-9-15(20)22)17(23)19-13-8-21-4-2-10(13)3-5-21/h6-7,10,13H,2-5,8-9,18H2,1H3,(H,19,23). The molecule has 128 valence electrons. The topological polar surface area (TPSA) is 87.9 Å². The van der Waals surface area contributed by atoms with Gasteiger partial charge in [-0.3, -0.25) is 9.59 Å². The molecule has 1 aromatic carbocycles. The highest BCUT2D eigenvalue weighted by molar-refractivity contribution is 6.05. The first-order chi connectivity index (χ1) is 11.5. The average molecular weight is 330 g/mol. The fraction of sp³-hybridized carbons (Fsp3) is 0.529. The molecule has 0 aliphatic carbocycles. The van der Waals surface area contributed by atoms with Crippen molar-refractivity contribution in [1.82, 2.24) is 10.2 Å². The molecule has 1 aromatic rings. The Morgan fingerprint density at radius 3 is 2.75 bits per heavy atom. The van der Waals surface area contributed by atoms with E-state index in [9.17, 15) is 9.59 Å². The predicted molar refractivity (Wildman–Crippen MR) is 90.2 cm³/mol. The number of ether oxygens (including phenoxy) is 1. The largest absolute Gasteiger partial charge is 0.481 e. The number of piperidine rings is 3. The number of carbonyl (C=O) groups excluding carboxylic acids is 2. The van der Waals surface area contributed by atoms with Gasteiger partial charge >= 0.3 is 0 Å². The Hall–Kier alpha value is -2.28. The van der Waals surface area contributed by atoms with Crippen molar-refractivity contribution in [1.29, 1.82) is 0 Å². The van der Waals surface area contributed by atoms with E-state index in [1.165, 1.54) is 4.90 Å². The molecule has 3 fully saturated rings. The van der Waals surface area contributed by atoms with Crippen LogP contribution in [0, 0.1) is 5.92 Å². The molecule has 1 unspecified atom stereocenters. The third kappa shape index (κ3) is 2.49. The molecule has 24 heavy (non-hydrogen) atoms. The number of hydrogen-bond donors (Lipinski definition) is 2. The molecule has 0 aromatic heterocycles. The number of fused-ring (bicyclic) bond motifs is 4. The summed E-state index contributed by atoms with van der Waals surface area (Å²) >= 11 is 0. The summed E-state index contributed by atoms with van der Waals surface area (Å²) in [6, 6.07) is 3.46. The van der Waals surface area contributed by atoms with Crippen LogP contribution in [0.15, 0.2) is 12.1 Å². The minimum Gasteiger partial charge on any atom is -0.481 e. The molecule has 4 aliphatic heterocycles. The second-order valence-corrected chi connectivity index (χ2v) is 6.88. The van der Waals surface area contributed by atoms with Gasteiger partial charge in [0, 0.05) is 25.3 Å². The number of likely N-dealkylation sites (N-methyl/N-ethyl adjacent to an activating group) is 1. The molecule has 7 nitrogen and oxygen atoms in total. The zero-order chi connectivity index (χ0) is 16.8. The van der Waals surface area contributed by atoms with Crippen LogP contribution in [0.25, 0.3) is 0 Å². The van der Waals surface area contributed by atoms with Crippen LogP contribution in [-0.4, -0.2) is 56.0 Å². The van der Waals surface area contributed by atoms with Gasteiger partial charge in [0.15, 0.2) is 12.4 Å². The van der Waals surface area contributed by atoms with Gasteiger partial charge in [0.2, 0.25) is 0 Å². The van der Waals surface area contributed by atoms with Gasteiger partial charge in [-0.15, -0.1) is 0 Å². The SMILES string of the molecule is CN1C(=O)COc2c(C(=O)NC3CN4CCC3CC4)cc(N)cc21. The molecule has 0 radical (unpaired) electrons. The maximum atomic E-state index is 12.8. The molecular weight excluding hydrogens is 308 g/mol. The normalized spacial score (nSPS) is 28.3. The van der Waals surface area contributed by atoms with Crippen LogP contribution in [-0.2, 0) is 4.79 Å². The van der Waals surface area contributed by atoms with Gasteiger partial charge in [-0.2, -0.15) is 0 Å². The summed E-state index contributed by atoms with van der Waals surface area (Å²) in [5.74, 6) is 0.642. The van der Waals surface area contributed by atoms with Crippen LogP contribution in [0.4, 0.5) is 11.4 Å². The molecule has 3 saturated heterocycles. The minimum atomic E-state index is -0.181. The summed E-state index contributed by atoms with van der Waals surface area (Å²) in [6.07, 6.45) is 2.27. The van der Waals surface area contributed by atoms with E-state index in [1.54, 1.807) is 19.2 Å². The Balaban J connectivity index is 1.61. The van der Waals surface area contributed by atoms with E-state index in [4.69, 9.17) is 10.5 Å². The van der Waals surface area contributed by atoms with Gasteiger partial charge < -0.3 is 25.6 Å². The smallest absolute Gasteiger partial charge is 0.264 e. The summed E-state index contributed by atoms with van der Waals surface area (Å²) in [4.78, 5) is 28.5. The van der Waals surface area contributed by atoms with E-state index < -0.39 is 0 Å². The lowest BCUT2D eigenvalue weighted by Crippen LogP contribution is -2.57. The van der Waals surface area contributed by atoms with Crippen molar-refractivity contribution in [3.8, 4) is 5.75 Å². The van der Waals surface area contributed by atoms with Crippen molar-refractivity contribution < 1.29 is 14.3 Å². The first-order valence-electron chi connectivity index (χ1n) is 8.39. The number of hydrogen-bond acceptors (Lipinski definition) is 5. The van der Waals surface area contributed by atoms with Crippen LogP contribution in [0.1, 0.15) is 23.2 Å². The molecule has 3 N–H and O–H groups in total. The Labute approximate surface area is 140 Å². The fourth-order valence-corrected chi connectivity index (χ4v) is 3.94. The second-order valence-electron chi connectivity index (χ2n) is 6.88. The quantitative estimate of drug-likeness (QED) is 0.769. The van der Waals surface area contributed by atoms with Crippen molar-refractivity contribution in [2.45, 2.75) is 18.9 Å². The zero-order valence-corrected chi connectivity index (χ0v) is 13.7. The van der Waals surface area contributed by atoms with Crippen molar-refractivity contribution in [3.63, 3.8) is 0 Å². The monoisotopic (exact) mass is 330 g/mol. The summed E-state index contributed by atoms with van der Waals surface area (Å²) in [7, 11) is 1.66. The molecule has 7 heteroatoms. The van der Waals surface area contributed by atoms with Crippen molar-refractivity contribution >= 4 is 23.2 Å². The van der Waals surface area contributed by atoms with E-state index in [-0.39, 0.29) is 24.5 Å². The third-order valence-corrected chi connectivity index (χ3v) is 5.38. The number of nitrogens with zero attached hydrogens (tertiary/aromatic N) is 2. The van der Waals surface area contributed by atoms with Gasteiger partial charge in [-0.1, -0.05) is 0 Å². The summed E-state index contributed by atoms with van der Waals surface area (Å²) in [5.41, 5.74) is 7.33. The summed E-state index contributed by atoms with van der Waals surface area (Å²) in [6.45, 7) is 3.09. The molecule has 1 atom stereocenters. The Morgan fingerprint density at radius 1 is 1.33 bits per heavy atom. The number of nitrogens with two attached hydrogens (primary N) is 1. The third-order valence-electron chi connectivity index (χ3n) is 5.38. The fourth-order valence-electron chi connectivity index (χ4n) is 3.94. The maximum absolute atomic E-state index is 12.8. The Kier molecular flexibility index (Phi) is 3.60. The highest BCUT2D eigenvalue weighted by Gasteiger charge is 2.36. The van der Waals surface area contributed by atoms with E-state index in [0.29, 0.717) is 28.6 Å². The van der Waals surface area contributed by atoms with Gasteiger partial charge in [0.05, 0.1) is 11.3 Å². The maximum Gasteiger partial charge on any atom is 0.264 e. The predicted octanol–water partition coefficient (Wildman–Crippen LogP) is 0.448. The highest BCUT2D eigenvalue weighted by Crippen LogP contribution is 2.37. The van der Waals surface area contributed by atoms with E-state index >= 15 is 0 Å². The van der Waals surface area contributed by atoms with Crippen molar-refractivity contribution in [2.24, 2.45) is 5.92 Å². The first-order valence-corrected chi connectivity index (χ1v) is 8.39. The molecule has 5 rings (SSSR count). The minimum absolute atomic E-state index is 0.0620. The van der Waals surface area contributed by atoms with Crippen LogP contribution in [0.5, 0.6) is 5.75 Å². The first kappa shape index (κ1) is 15.3. The highest BCUT2D eigenvalue weighted by atomic mass is 16.5.